The summed E-state index contributed by atoms with van der Waals surface area (Å²) < 4.78 is 38.3. The predicted molar refractivity (Wildman–Crippen MR) is 114 cm³/mol. The van der Waals surface area contributed by atoms with Crippen molar-refractivity contribution in [1.82, 2.24) is 5.32 Å². The first-order valence-electron chi connectivity index (χ1n) is 9.70. The highest BCUT2D eigenvalue weighted by Gasteiger charge is 2.30. The van der Waals surface area contributed by atoms with Crippen molar-refractivity contribution in [2.75, 3.05) is 5.32 Å². The number of carbonyl (C=O) groups is 1. The van der Waals surface area contributed by atoms with Crippen LogP contribution < -0.4 is 10.6 Å². The third-order valence-electron chi connectivity index (χ3n) is 4.68. The number of nitro groups is 1. The molecule has 2 N–H and O–H groups in total. The number of hydrogen-bond donors (Lipinski definition) is 2. The number of nitrogens with zero attached hydrogens (tertiary/aromatic N) is 1. The van der Waals surface area contributed by atoms with Crippen LogP contribution in [0.2, 0.25) is 0 Å². The van der Waals surface area contributed by atoms with Crippen LogP contribution in [0.15, 0.2) is 72.8 Å². The highest BCUT2D eigenvalue weighted by molar-refractivity contribution is 5.78. The van der Waals surface area contributed by atoms with E-state index >= 15 is 0 Å². The minimum absolute atomic E-state index is 0.00556. The van der Waals surface area contributed by atoms with E-state index in [0.717, 1.165) is 28.9 Å². The van der Waals surface area contributed by atoms with Gasteiger partial charge in [-0.15, -0.1) is 0 Å². The van der Waals surface area contributed by atoms with Crippen molar-refractivity contribution in [1.29, 1.82) is 0 Å². The molecule has 0 heterocycles. The first-order valence-corrected chi connectivity index (χ1v) is 9.70. The normalized spacial score (nSPS) is 11.1. The molecule has 3 aromatic carbocycles. The number of hydrogen-bond acceptors (Lipinski definition) is 4. The summed E-state index contributed by atoms with van der Waals surface area (Å²) in [5.74, 6) is -0.306. The molecule has 0 bridgehead atoms. The van der Waals surface area contributed by atoms with Crippen molar-refractivity contribution in [3.63, 3.8) is 0 Å². The highest BCUT2D eigenvalue weighted by Crippen LogP contribution is 2.29. The van der Waals surface area contributed by atoms with Gasteiger partial charge in [0.15, 0.2) is 0 Å². The first kappa shape index (κ1) is 22.8. The van der Waals surface area contributed by atoms with Crippen LogP contribution in [0.5, 0.6) is 0 Å². The van der Waals surface area contributed by atoms with Crippen LogP contribution in [-0.2, 0) is 30.5 Å². The van der Waals surface area contributed by atoms with Crippen molar-refractivity contribution < 1.29 is 22.9 Å². The van der Waals surface area contributed by atoms with Gasteiger partial charge in [0, 0.05) is 30.9 Å². The van der Waals surface area contributed by atoms with Gasteiger partial charge >= 0.3 is 6.18 Å². The second-order valence-corrected chi connectivity index (χ2v) is 7.13. The Balaban J connectivity index is 1.49. The molecule has 0 aliphatic heterocycles. The van der Waals surface area contributed by atoms with Crippen LogP contribution >= 0.6 is 0 Å². The monoisotopic (exact) mass is 443 g/mol. The Bertz CT molecular complexity index is 1100. The molecular formula is C23H20F3N3O3. The van der Waals surface area contributed by atoms with Crippen molar-refractivity contribution in [3.05, 3.63) is 105 Å². The average molecular weight is 443 g/mol. The van der Waals surface area contributed by atoms with Crippen LogP contribution in [0, 0.1) is 10.1 Å². The maximum atomic E-state index is 12.8. The number of benzene rings is 3. The molecule has 0 radical (unpaired) electrons. The van der Waals surface area contributed by atoms with Crippen molar-refractivity contribution in [2.24, 2.45) is 0 Å². The van der Waals surface area contributed by atoms with Gasteiger partial charge < -0.3 is 10.6 Å². The Hall–Kier alpha value is -3.88. The summed E-state index contributed by atoms with van der Waals surface area (Å²) in [5, 5.41) is 16.6. The molecule has 0 unspecified atom stereocenters. The molecule has 32 heavy (non-hydrogen) atoms. The molecule has 0 saturated heterocycles. The summed E-state index contributed by atoms with van der Waals surface area (Å²) in [4.78, 5) is 22.5. The Kier molecular flexibility index (Phi) is 7.09. The largest absolute Gasteiger partial charge is 0.416 e. The minimum Gasteiger partial charge on any atom is -0.381 e. The van der Waals surface area contributed by atoms with Crippen LogP contribution in [0.4, 0.5) is 24.5 Å². The molecule has 0 atom stereocenters. The standard InChI is InChI=1S/C23H20F3N3O3/c24-23(25,26)19-5-1-3-17(11-19)15-28-22(30)13-16-7-9-20(10-8-16)27-14-18-4-2-6-21(12-18)29(31)32/h1-12,27H,13-15H2,(H,28,30). The average Bonchev–Trinajstić information content (AvgIpc) is 2.77. The fraction of sp³-hybridized carbons (Fsp3) is 0.174. The van der Waals surface area contributed by atoms with Gasteiger partial charge in [0.2, 0.25) is 5.91 Å². The van der Waals surface area contributed by atoms with E-state index in [-0.39, 0.29) is 24.6 Å². The Morgan fingerprint density at radius 3 is 2.19 bits per heavy atom. The number of nitro benzene ring substituents is 1. The summed E-state index contributed by atoms with van der Waals surface area (Å²) in [6, 6.07) is 18.3. The molecule has 0 fully saturated rings. The van der Waals surface area contributed by atoms with Gasteiger partial charge in [-0.25, -0.2) is 0 Å². The lowest BCUT2D eigenvalue weighted by atomic mass is 10.1. The molecule has 6 nitrogen and oxygen atoms in total. The fourth-order valence-electron chi connectivity index (χ4n) is 3.03. The van der Waals surface area contributed by atoms with Gasteiger partial charge in [-0.05, 0) is 41.0 Å². The number of alkyl halides is 3. The smallest absolute Gasteiger partial charge is 0.381 e. The van der Waals surface area contributed by atoms with Crippen molar-refractivity contribution >= 4 is 17.3 Å². The third-order valence-corrected chi connectivity index (χ3v) is 4.68. The summed E-state index contributed by atoms with van der Waals surface area (Å²) in [6.07, 6.45) is -4.34. The van der Waals surface area contributed by atoms with Gasteiger partial charge in [-0.2, -0.15) is 13.2 Å². The zero-order valence-corrected chi connectivity index (χ0v) is 16.9. The van der Waals surface area contributed by atoms with E-state index in [9.17, 15) is 28.1 Å². The Labute approximate surface area is 182 Å². The number of halogens is 3. The maximum absolute atomic E-state index is 12.8. The summed E-state index contributed by atoms with van der Waals surface area (Å²) >= 11 is 0. The van der Waals surface area contributed by atoms with E-state index in [1.165, 1.54) is 24.3 Å². The molecule has 3 aromatic rings. The van der Waals surface area contributed by atoms with Gasteiger partial charge in [0.25, 0.3) is 5.69 Å². The molecular weight excluding hydrogens is 423 g/mol. The van der Waals surface area contributed by atoms with Gasteiger partial charge in [-0.3, -0.25) is 14.9 Å². The van der Waals surface area contributed by atoms with E-state index < -0.39 is 16.7 Å². The summed E-state index contributed by atoms with van der Waals surface area (Å²) in [5.41, 5.74) is 1.93. The molecule has 0 spiro atoms. The first-order chi connectivity index (χ1) is 15.2. The van der Waals surface area contributed by atoms with Crippen LogP contribution in [0.25, 0.3) is 0 Å². The summed E-state index contributed by atoms with van der Waals surface area (Å²) in [7, 11) is 0. The van der Waals surface area contributed by atoms with E-state index in [0.29, 0.717) is 12.1 Å². The van der Waals surface area contributed by atoms with Crippen LogP contribution in [-0.4, -0.2) is 10.8 Å². The molecule has 166 valence electrons. The molecule has 0 saturated carbocycles. The predicted octanol–water partition coefficient (Wildman–Crippen LogP) is 5.08. The number of non-ortho nitro benzene ring substituents is 1. The lowest BCUT2D eigenvalue weighted by Gasteiger charge is -2.10. The van der Waals surface area contributed by atoms with Gasteiger partial charge in [0.1, 0.15) is 0 Å². The van der Waals surface area contributed by atoms with E-state index in [1.807, 2.05) is 0 Å². The number of carbonyl (C=O) groups excluding carboxylic acids is 1. The van der Waals surface area contributed by atoms with Crippen molar-refractivity contribution in [2.45, 2.75) is 25.7 Å². The molecule has 1 amide bonds. The van der Waals surface area contributed by atoms with E-state index in [1.54, 1.807) is 36.4 Å². The molecule has 3 rings (SSSR count). The number of anilines is 1. The molecule has 0 aromatic heterocycles. The fourth-order valence-corrected chi connectivity index (χ4v) is 3.03. The highest BCUT2D eigenvalue weighted by atomic mass is 19.4. The molecule has 0 aliphatic carbocycles. The van der Waals surface area contributed by atoms with Gasteiger partial charge in [-0.1, -0.05) is 36.4 Å². The summed E-state index contributed by atoms with van der Waals surface area (Å²) in [6.45, 7) is 0.407. The Morgan fingerprint density at radius 1 is 0.875 bits per heavy atom. The zero-order chi connectivity index (χ0) is 23.1. The second kappa shape index (κ2) is 9.95. The third kappa shape index (κ3) is 6.56. The molecule has 9 heteroatoms. The van der Waals surface area contributed by atoms with Crippen molar-refractivity contribution in [3.8, 4) is 0 Å². The SMILES string of the molecule is O=C(Cc1ccc(NCc2cccc([N+](=O)[O-])c2)cc1)NCc1cccc(C(F)(F)F)c1. The van der Waals surface area contributed by atoms with E-state index in [2.05, 4.69) is 10.6 Å². The number of nitrogens with one attached hydrogen (secondary N) is 2. The Morgan fingerprint density at radius 2 is 1.53 bits per heavy atom. The number of amides is 1. The van der Waals surface area contributed by atoms with Gasteiger partial charge in [0.05, 0.1) is 16.9 Å². The minimum atomic E-state index is -4.43. The topological polar surface area (TPSA) is 84.3 Å². The zero-order valence-electron chi connectivity index (χ0n) is 16.9. The quantitative estimate of drug-likeness (QED) is 0.375. The number of rotatable bonds is 8. The van der Waals surface area contributed by atoms with Crippen LogP contribution in [0.3, 0.4) is 0 Å². The van der Waals surface area contributed by atoms with Crippen LogP contribution in [0.1, 0.15) is 22.3 Å². The lowest BCUT2D eigenvalue weighted by molar-refractivity contribution is -0.384. The lowest BCUT2D eigenvalue weighted by Crippen LogP contribution is -2.24. The second-order valence-electron chi connectivity index (χ2n) is 7.13. The van der Waals surface area contributed by atoms with E-state index in [4.69, 9.17) is 0 Å². The maximum Gasteiger partial charge on any atom is 0.416 e. The molecule has 0 aliphatic rings.